The molecule has 3 heterocycles. The Labute approximate surface area is 159 Å². The lowest BCUT2D eigenvalue weighted by Crippen LogP contribution is -2.29. The van der Waals surface area contributed by atoms with Gasteiger partial charge in [0.15, 0.2) is 11.5 Å². The number of benzene rings is 1. The summed E-state index contributed by atoms with van der Waals surface area (Å²) in [5.41, 5.74) is 2.15. The molecule has 1 atom stereocenters. The number of fused-ring (bicyclic) bond motifs is 1. The molecule has 1 saturated heterocycles. The molecule has 142 valence electrons. The predicted octanol–water partition coefficient (Wildman–Crippen LogP) is 2.47. The minimum Gasteiger partial charge on any atom is -0.377 e. The van der Waals surface area contributed by atoms with E-state index in [-0.39, 0.29) is 0 Å². The van der Waals surface area contributed by atoms with Gasteiger partial charge in [-0.05, 0) is 24.5 Å². The van der Waals surface area contributed by atoms with Gasteiger partial charge in [-0.1, -0.05) is 18.2 Å². The van der Waals surface area contributed by atoms with E-state index in [9.17, 15) is 0 Å². The summed E-state index contributed by atoms with van der Waals surface area (Å²) in [5, 5.41) is 5.35. The molecule has 0 amide bonds. The van der Waals surface area contributed by atoms with Crippen LogP contribution in [0.1, 0.15) is 12.2 Å². The predicted molar refractivity (Wildman–Crippen MR) is 107 cm³/mol. The number of hydrogen-bond acceptors (Lipinski definition) is 6. The van der Waals surface area contributed by atoms with Crippen molar-refractivity contribution in [2.75, 3.05) is 43.6 Å². The third-order valence-corrected chi connectivity index (χ3v) is 5.19. The fourth-order valence-corrected chi connectivity index (χ4v) is 3.86. The van der Waals surface area contributed by atoms with Gasteiger partial charge in [0.2, 0.25) is 0 Å². The number of rotatable bonds is 6. The summed E-state index contributed by atoms with van der Waals surface area (Å²) in [4.78, 5) is 14.0. The monoisotopic (exact) mass is 366 g/mol. The van der Waals surface area contributed by atoms with Gasteiger partial charge in [-0.15, -0.1) is 0 Å². The highest BCUT2D eigenvalue weighted by atomic mass is 16.5. The molecular weight excluding hydrogens is 340 g/mol. The highest BCUT2D eigenvalue weighted by Gasteiger charge is 2.25. The summed E-state index contributed by atoms with van der Waals surface area (Å²) in [6.45, 7) is 3.52. The lowest BCUT2D eigenvalue weighted by Gasteiger charge is -2.24. The van der Waals surface area contributed by atoms with E-state index in [1.54, 1.807) is 11.8 Å². The molecule has 1 aromatic carbocycles. The van der Waals surface area contributed by atoms with Crippen LogP contribution < -0.4 is 9.80 Å². The van der Waals surface area contributed by atoms with E-state index < -0.39 is 0 Å². The highest BCUT2D eigenvalue weighted by molar-refractivity contribution is 5.86. The summed E-state index contributed by atoms with van der Waals surface area (Å²) in [6, 6.07) is 10.6. The van der Waals surface area contributed by atoms with Gasteiger partial charge in [0.05, 0.1) is 11.6 Å². The van der Waals surface area contributed by atoms with Crippen LogP contribution in [0.15, 0.2) is 36.5 Å². The van der Waals surface area contributed by atoms with E-state index in [2.05, 4.69) is 57.3 Å². The van der Waals surface area contributed by atoms with Crippen molar-refractivity contribution in [1.29, 1.82) is 0 Å². The fraction of sp³-hybridized carbons (Fsp3) is 0.450. The normalized spacial score (nSPS) is 17.0. The standard InChI is InChI=1S/C20H26N6O/c1-24(12-15-9-10-26(13-15)16-7-5-4-6-8-16)19-17-11-21-25(2)20(17)23-18(22-19)14-27-3/h4-8,11,15H,9-10,12-14H2,1-3H3. The van der Waals surface area contributed by atoms with E-state index >= 15 is 0 Å². The van der Waals surface area contributed by atoms with Crippen LogP contribution in [0.2, 0.25) is 0 Å². The Hall–Kier alpha value is -2.67. The van der Waals surface area contributed by atoms with Gasteiger partial charge in [-0.3, -0.25) is 4.68 Å². The first-order valence-corrected chi connectivity index (χ1v) is 9.34. The van der Waals surface area contributed by atoms with Crippen LogP contribution in [0.25, 0.3) is 11.0 Å². The van der Waals surface area contributed by atoms with Crippen molar-refractivity contribution in [3.63, 3.8) is 0 Å². The number of para-hydroxylation sites is 1. The van der Waals surface area contributed by atoms with E-state index in [1.165, 1.54) is 12.1 Å². The minimum atomic E-state index is 0.396. The van der Waals surface area contributed by atoms with Crippen molar-refractivity contribution in [3.05, 3.63) is 42.4 Å². The largest absolute Gasteiger partial charge is 0.377 e. The first kappa shape index (κ1) is 17.7. The van der Waals surface area contributed by atoms with Crippen LogP contribution in [0.3, 0.4) is 0 Å². The summed E-state index contributed by atoms with van der Waals surface area (Å²) >= 11 is 0. The smallest absolute Gasteiger partial charge is 0.163 e. The van der Waals surface area contributed by atoms with E-state index in [0.29, 0.717) is 18.3 Å². The number of aromatic nitrogens is 4. The molecule has 2 aromatic heterocycles. The van der Waals surface area contributed by atoms with Crippen LogP contribution in [0, 0.1) is 5.92 Å². The maximum absolute atomic E-state index is 5.24. The second kappa shape index (κ2) is 7.52. The number of ether oxygens (including phenoxy) is 1. The van der Waals surface area contributed by atoms with Crippen molar-refractivity contribution in [2.45, 2.75) is 13.0 Å². The molecule has 0 aliphatic carbocycles. The van der Waals surface area contributed by atoms with Crippen LogP contribution in [0.4, 0.5) is 11.5 Å². The molecular formula is C20H26N6O. The number of methoxy groups -OCH3 is 1. The Bertz CT molecular complexity index is 909. The molecule has 27 heavy (non-hydrogen) atoms. The Kier molecular flexibility index (Phi) is 4.94. The molecule has 0 radical (unpaired) electrons. The first-order valence-electron chi connectivity index (χ1n) is 9.34. The average molecular weight is 366 g/mol. The van der Waals surface area contributed by atoms with E-state index in [0.717, 1.165) is 36.5 Å². The van der Waals surface area contributed by atoms with Gasteiger partial charge < -0.3 is 14.5 Å². The summed E-state index contributed by atoms with van der Waals surface area (Å²) in [6.07, 6.45) is 3.04. The van der Waals surface area contributed by atoms with Crippen molar-refractivity contribution in [1.82, 2.24) is 19.7 Å². The van der Waals surface area contributed by atoms with Gasteiger partial charge in [-0.25, -0.2) is 9.97 Å². The fourth-order valence-electron chi connectivity index (χ4n) is 3.86. The van der Waals surface area contributed by atoms with Crippen molar-refractivity contribution in [3.8, 4) is 0 Å². The second-order valence-corrected chi connectivity index (χ2v) is 7.22. The molecule has 1 aliphatic heterocycles. The van der Waals surface area contributed by atoms with Gasteiger partial charge in [0, 0.05) is 46.5 Å². The number of nitrogens with zero attached hydrogens (tertiary/aromatic N) is 6. The van der Waals surface area contributed by atoms with Crippen LogP contribution in [-0.2, 0) is 18.4 Å². The molecule has 4 rings (SSSR count). The topological polar surface area (TPSA) is 59.3 Å². The summed E-state index contributed by atoms with van der Waals surface area (Å²) in [5.74, 6) is 2.22. The zero-order valence-corrected chi connectivity index (χ0v) is 16.2. The third kappa shape index (κ3) is 3.60. The van der Waals surface area contributed by atoms with Gasteiger partial charge in [0.1, 0.15) is 12.4 Å². The molecule has 7 nitrogen and oxygen atoms in total. The third-order valence-electron chi connectivity index (χ3n) is 5.19. The molecule has 0 spiro atoms. The molecule has 0 saturated carbocycles. The van der Waals surface area contributed by atoms with Crippen LogP contribution in [0.5, 0.6) is 0 Å². The SMILES string of the molecule is COCc1nc(N(C)CC2CCN(c3ccccc3)C2)c2cnn(C)c2n1. The van der Waals surface area contributed by atoms with Crippen LogP contribution in [-0.4, -0.2) is 53.5 Å². The number of hydrogen-bond donors (Lipinski definition) is 0. The zero-order chi connectivity index (χ0) is 18.8. The minimum absolute atomic E-state index is 0.396. The highest BCUT2D eigenvalue weighted by Crippen LogP contribution is 2.27. The van der Waals surface area contributed by atoms with Crippen molar-refractivity contribution in [2.24, 2.45) is 13.0 Å². The Morgan fingerprint density at radius 1 is 1.22 bits per heavy atom. The quantitative estimate of drug-likeness (QED) is 0.668. The molecule has 1 fully saturated rings. The van der Waals surface area contributed by atoms with Crippen molar-refractivity contribution < 1.29 is 4.74 Å². The second-order valence-electron chi connectivity index (χ2n) is 7.22. The molecule has 1 aliphatic rings. The maximum atomic E-state index is 5.24. The molecule has 0 bridgehead atoms. The number of aryl methyl sites for hydroxylation is 1. The molecule has 1 unspecified atom stereocenters. The Morgan fingerprint density at radius 2 is 2.04 bits per heavy atom. The van der Waals surface area contributed by atoms with Crippen LogP contribution >= 0.6 is 0 Å². The molecule has 0 N–H and O–H groups in total. The van der Waals surface area contributed by atoms with E-state index in [4.69, 9.17) is 9.72 Å². The van der Waals surface area contributed by atoms with Crippen molar-refractivity contribution >= 4 is 22.5 Å². The van der Waals surface area contributed by atoms with Gasteiger partial charge in [-0.2, -0.15) is 5.10 Å². The van der Waals surface area contributed by atoms with Gasteiger partial charge in [0.25, 0.3) is 0 Å². The zero-order valence-electron chi connectivity index (χ0n) is 16.2. The first-order chi connectivity index (χ1) is 13.2. The summed E-state index contributed by atoms with van der Waals surface area (Å²) in [7, 11) is 5.68. The number of anilines is 2. The lowest BCUT2D eigenvalue weighted by atomic mass is 10.1. The van der Waals surface area contributed by atoms with E-state index in [1.807, 2.05) is 13.2 Å². The lowest BCUT2D eigenvalue weighted by molar-refractivity contribution is 0.178. The van der Waals surface area contributed by atoms with Gasteiger partial charge >= 0.3 is 0 Å². The molecule has 7 heteroatoms. The molecule has 3 aromatic rings. The average Bonchev–Trinajstić information content (AvgIpc) is 3.29. The Morgan fingerprint density at radius 3 is 2.81 bits per heavy atom. The maximum Gasteiger partial charge on any atom is 0.163 e. The summed E-state index contributed by atoms with van der Waals surface area (Å²) < 4.78 is 7.04. The Balaban J connectivity index is 1.52.